The molecule has 4 unspecified atom stereocenters. The van der Waals surface area contributed by atoms with Crippen molar-refractivity contribution in [2.24, 2.45) is 0 Å². The second kappa shape index (κ2) is 35.0. The fraction of sp³-hybridized carbons (Fsp3) is 0.936. The van der Waals surface area contributed by atoms with Gasteiger partial charge in [0.05, 0.1) is 32.0 Å². The fourth-order valence-corrected chi connectivity index (χ4v) is 8.17. The number of unbranched alkanes of at least 4 members (excludes halogenated alkanes) is 24. The molecule has 61 heavy (non-hydrogen) atoms. The van der Waals surface area contributed by atoms with Gasteiger partial charge in [-0.3, -0.25) is 4.79 Å². The maximum atomic E-state index is 13.1. The fourth-order valence-electron chi connectivity index (χ4n) is 8.17. The van der Waals surface area contributed by atoms with Gasteiger partial charge in [-0.05, 0) is 19.3 Å². The Morgan fingerprint density at radius 3 is 1.51 bits per heavy atom. The van der Waals surface area contributed by atoms with E-state index < -0.39 is 86.8 Å². The highest BCUT2D eigenvalue weighted by atomic mass is 16.7. The number of ether oxygens (including phenoxy) is 4. The van der Waals surface area contributed by atoms with Gasteiger partial charge in [0.2, 0.25) is 5.91 Å². The Morgan fingerprint density at radius 2 is 1.02 bits per heavy atom. The van der Waals surface area contributed by atoms with E-state index in [0.29, 0.717) is 6.42 Å². The number of carbonyl (C=O) groups is 1. The molecule has 0 saturated carbocycles. The van der Waals surface area contributed by atoms with Crippen LogP contribution in [0.15, 0.2) is 12.2 Å². The summed E-state index contributed by atoms with van der Waals surface area (Å²) < 4.78 is 22.7. The molecule has 0 aromatic heterocycles. The first-order chi connectivity index (χ1) is 29.6. The van der Waals surface area contributed by atoms with Crippen LogP contribution in [0, 0.1) is 0 Å². The molecule has 14 heteroatoms. The van der Waals surface area contributed by atoms with Crippen molar-refractivity contribution in [2.45, 2.75) is 261 Å². The number of hydrogen-bond donors (Lipinski definition) is 9. The number of rotatable bonds is 37. The number of carbonyl (C=O) groups excluding carboxylic acids is 1. The monoisotopic (exact) mass is 876 g/mol. The number of amides is 1. The molecule has 0 radical (unpaired) electrons. The Kier molecular flexibility index (Phi) is 32.1. The van der Waals surface area contributed by atoms with E-state index in [4.69, 9.17) is 18.9 Å². The predicted octanol–water partition coefficient (Wildman–Crippen LogP) is 5.60. The molecule has 2 fully saturated rings. The molecular formula is C47H89NO13. The van der Waals surface area contributed by atoms with Gasteiger partial charge in [-0.1, -0.05) is 174 Å². The third-order valence-corrected chi connectivity index (χ3v) is 12.2. The zero-order valence-corrected chi connectivity index (χ0v) is 37.9. The molecule has 2 saturated heterocycles. The Morgan fingerprint density at radius 1 is 0.574 bits per heavy atom. The van der Waals surface area contributed by atoms with Gasteiger partial charge in [0.15, 0.2) is 12.6 Å². The molecule has 0 bridgehead atoms. The number of aliphatic hydroxyl groups is 8. The summed E-state index contributed by atoms with van der Waals surface area (Å²) >= 11 is 0. The zero-order chi connectivity index (χ0) is 44.7. The minimum absolute atomic E-state index is 0.239. The first kappa shape index (κ1) is 55.9. The molecule has 360 valence electrons. The molecule has 14 nitrogen and oxygen atoms in total. The van der Waals surface area contributed by atoms with E-state index in [1.807, 2.05) is 6.08 Å². The van der Waals surface area contributed by atoms with Gasteiger partial charge in [0.1, 0.15) is 48.8 Å². The van der Waals surface area contributed by atoms with Crippen LogP contribution < -0.4 is 5.32 Å². The number of allylic oxidation sites excluding steroid dienone is 1. The summed E-state index contributed by atoms with van der Waals surface area (Å²) in [6.45, 7) is 2.77. The first-order valence-corrected chi connectivity index (χ1v) is 24.4. The van der Waals surface area contributed by atoms with Gasteiger partial charge in [-0.25, -0.2) is 0 Å². The molecule has 2 aliphatic rings. The van der Waals surface area contributed by atoms with E-state index in [9.17, 15) is 45.6 Å². The highest BCUT2D eigenvalue weighted by Gasteiger charge is 2.51. The predicted molar refractivity (Wildman–Crippen MR) is 235 cm³/mol. The minimum atomic E-state index is -1.78. The molecule has 0 aromatic carbocycles. The van der Waals surface area contributed by atoms with Crippen molar-refractivity contribution in [3.05, 3.63) is 12.2 Å². The van der Waals surface area contributed by atoms with Crippen LogP contribution in [-0.4, -0.2) is 140 Å². The van der Waals surface area contributed by atoms with Gasteiger partial charge in [-0.15, -0.1) is 0 Å². The third kappa shape index (κ3) is 23.0. The quantitative estimate of drug-likeness (QED) is 0.0274. The summed E-state index contributed by atoms with van der Waals surface area (Å²) in [7, 11) is 0. The Labute approximate surface area is 367 Å². The SMILES string of the molecule is CCCCCCCCCCCCCC/C=C/[C@@H](O)[C@H](CO[C@@H]1O[C@H](CO)[C@@H](O[C@@H]2O[C@H](CO)[C@H](O)C(O)C2O)C(O)C1O)NC(=O)CCCCCCCCCCCCCCC. The van der Waals surface area contributed by atoms with Crippen LogP contribution in [0.3, 0.4) is 0 Å². The lowest BCUT2D eigenvalue weighted by atomic mass is 9.97. The van der Waals surface area contributed by atoms with Gasteiger partial charge in [0, 0.05) is 6.42 Å². The summed E-state index contributed by atoms with van der Waals surface area (Å²) in [4.78, 5) is 13.1. The van der Waals surface area contributed by atoms with Crippen LogP contribution in [0.2, 0.25) is 0 Å². The zero-order valence-electron chi connectivity index (χ0n) is 37.9. The summed E-state index contributed by atoms with van der Waals surface area (Å²) in [6, 6.07) is -0.906. The average Bonchev–Trinajstić information content (AvgIpc) is 3.26. The van der Waals surface area contributed by atoms with Crippen LogP contribution >= 0.6 is 0 Å². The molecule has 9 N–H and O–H groups in total. The smallest absolute Gasteiger partial charge is 0.220 e. The first-order valence-electron chi connectivity index (χ1n) is 24.4. The van der Waals surface area contributed by atoms with Crippen LogP contribution in [0.1, 0.15) is 187 Å². The van der Waals surface area contributed by atoms with Crippen molar-refractivity contribution in [3.8, 4) is 0 Å². The molecule has 0 aliphatic carbocycles. The van der Waals surface area contributed by atoms with Crippen molar-refractivity contribution >= 4 is 5.91 Å². The lowest BCUT2D eigenvalue weighted by Crippen LogP contribution is -2.65. The highest BCUT2D eigenvalue weighted by Crippen LogP contribution is 2.30. The molecular weight excluding hydrogens is 787 g/mol. The van der Waals surface area contributed by atoms with E-state index >= 15 is 0 Å². The van der Waals surface area contributed by atoms with Gasteiger partial charge in [0.25, 0.3) is 0 Å². The Bertz CT molecular complexity index is 1080. The molecule has 0 aromatic rings. The molecule has 2 rings (SSSR count). The van der Waals surface area contributed by atoms with E-state index in [2.05, 4.69) is 19.2 Å². The van der Waals surface area contributed by atoms with E-state index in [1.54, 1.807) is 6.08 Å². The van der Waals surface area contributed by atoms with Crippen LogP contribution in [0.5, 0.6) is 0 Å². The summed E-state index contributed by atoms with van der Waals surface area (Å²) in [5.74, 6) is -0.239. The average molecular weight is 876 g/mol. The lowest BCUT2D eigenvalue weighted by molar-refractivity contribution is -0.359. The normalized spacial score (nSPS) is 28.0. The molecule has 0 spiro atoms. The number of aliphatic hydroxyl groups excluding tert-OH is 8. The largest absolute Gasteiger partial charge is 0.394 e. The van der Waals surface area contributed by atoms with Crippen molar-refractivity contribution < 1.29 is 64.6 Å². The topological polar surface area (TPSA) is 228 Å². The number of nitrogens with one attached hydrogen (secondary N) is 1. The third-order valence-electron chi connectivity index (χ3n) is 12.2. The van der Waals surface area contributed by atoms with Crippen LogP contribution in [0.25, 0.3) is 0 Å². The summed E-state index contributed by atoms with van der Waals surface area (Å²) in [6.07, 6.45) is 18.2. The highest BCUT2D eigenvalue weighted by molar-refractivity contribution is 5.76. The van der Waals surface area contributed by atoms with Gasteiger partial charge in [-0.2, -0.15) is 0 Å². The summed E-state index contributed by atoms with van der Waals surface area (Å²) in [5, 5.41) is 86.6. The maximum Gasteiger partial charge on any atom is 0.220 e. The van der Waals surface area contributed by atoms with Crippen molar-refractivity contribution in [1.29, 1.82) is 0 Å². The van der Waals surface area contributed by atoms with E-state index in [1.165, 1.54) is 122 Å². The molecule has 1 amide bonds. The minimum Gasteiger partial charge on any atom is -0.394 e. The van der Waals surface area contributed by atoms with Crippen molar-refractivity contribution in [1.82, 2.24) is 5.32 Å². The maximum absolute atomic E-state index is 13.1. The molecule has 2 heterocycles. The second-order valence-electron chi connectivity index (χ2n) is 17.6. The van der Waals surface area contributed by atoms with E-state index in [-0.39, 0.29) is 18.9 Å². The standard InChI is InChI=1S/C47H89NO13/c1-3-5-7-9-11-13-15-17-19-20-22-24-26-28-30-36(51)35(48-39(52)31-29-27-25-23-21-18-16-14-12-10-8-6-4-2)34-58-46-44(57)42(55)45(38(33-50)60-46)61-47-43(56)41(54)40(53)37(32-49)59-47/h28,30,35-38,40-47,49-51,53-57H,3-27,29,31-34H2,1-2H3,(H,48,52)/b30-28+/t35-,36+,37+,38+,40-,41?,42?,43?,44?,45+,46+,47-/m0/s1. The Hall–Kier alpha value is -1.27. The lowest BCUT2D eigenvalue weighted by Gasteiger charge is -2.46. The van der Waals surface area contributed by atoms with Gasteiger partial charge < -0.3 is 65.1 Å². The Balaban J connectivity index is 1.88. The van der Waals surface area contributed by atoms with Gasteiger partial charge >= 0.3 is 0 Å². The summed E-state index contributed by atoms with van der Waals surface area (Å²) in [5.41, 5.74) is 0. The van der Waals surface area contributed by atoms with Crippen LogP contribution in [-0.2, 0) is 23.7 Å². The molecule has 12 atom stereocenters. The molecule has 2 aliphatic heterocycles. The number of hydrogen-bond acceptors (Lipinski definition) is 13. The van der Waals surface area contributed by atoms with Crippen molar-refractivity contribution in [2.75, 3.05) is 19.8 Å². The second-order valence-corrected chi connectivity index (χ2v) is 17.6. The van der Waals surface area contributed by atoms with Crippen LogP contribution in [0.4, 0.5) is 0 Å². The van der Waals surface area contributed by atoms with E-state index in [0.717, 1.165) is 38.5 Å². The van der Waals surface area contributed by atoms with Crippen molar-refractivity contribution in [3.63, 3.8) is 0 Å².